The van der Waals surface area contributed by atoms with Crippen LogP contribution in [-0.4, -0.2) is 24.4 Å². The molecule has 0 spiro atoms. The van der Waals surface area contributed by atoms with Crippen molar-refractivity contribution in [3.05, 3.63) is 54.6 Å². The number of anilines is 1. The highest BCUT2D eigenvalue weighted by Gasteiger charge is 2.15. The normalized spacial score (nSPS) is 17.1. The van der Waals surface area contributed by atoms with E-state index in [9.17, 15) is 0 Å². The number of hydrogen-bond acceptors (Lipinski definition) is 4. The maximum atomic E-state index is 5.56. The SMILES string of the molecule is S=C(NC[C@@H]1CCCO1)Nc1ccc(N=Nc2ccccc2)cc1. The number of rotatable bonds is 5. The highest BCUT2D eigenvalue weighted by Crippen LogP contribution is 2.20. The van der Waals surface area contributed by atoms with E-state index < -0.39 is 0 Å². The van der Waals surface area contributed by atoms with E-state index in [0.717, 1.165) is 43.1 Å². The molecular weight excluding hydrogens is 320 g/mol. The van der Waals surface area contributed by atoms with Crippen LogP contribution >= 0.6 is 12.2 Å². The highest BCUT2D eigenvalue weighted by atomic mass is 32.1. The van der Waals surface area contributed by atoms with Crippen LogP contribution in [0.15, 0.2) is 64.8 Å². The van der Waals surface area contributed by atoms with E-state index in [-0.39, 0.29) is 6.10 Å². The van der Waals surface area contributed by atoms with E-state index in [1.165, 1.54) is 0 Å². The zero-order valence-corrected chi connectivity index (χ0v) is 14.1. The molecule has 1 atom stereocenters. The van der Waals surface area contributed by atoms with E-state index in [1.807, 2.05) is 54.6 Å². The summed E-state index contributed by atoms with van der Waals surface area (Å²) in [5.41, 5.74) is 2.54. The summed E-state index contributed by atoms with van der Waals surface area (Å²) in [6.07, 6.45) is 2.49. The molecule has 0 amide bonds. The van der Waals surface area contributed by atoms with Crippen molar-refractivity contribution in [2.75, 3.05) is 18.5 Å². The number of thiocarbonyl (C=S) groups is 1. The summed E-state index contributed by atoms with van der Waals surface area (Å²) < 4.78 is 5.56. The van der Waals surface area contributed by atoms with Gasteiger partial charge in [0.15, 0.2) is 5.11 Å². The van der Waals surface area contributed by atoms with E-state index in [4.69, 9.17) is 17.0 Å². The molecule has 1 saturated heterocycles. The number of azo groups is 1. The topological polar surface area (TPSA) is 58.0 Å². The van der Waals surface area contributed by atoms with Gasteiger partial charge in [-0.05, 0) is 61.5 Å². The summed E-state index contributed by atoms with van der Waals surface area (Å²) in [7, 11) is 0. The van der Waals surface area contributed by atoms with Crippen molar-refractivity contribution in [3.63, 3.8) is 0 Å². The fourth-order valence-electron chi connectivity index (χ4n) is 2.41. The zero-order chi connectivity index (χ0) is 16.6. The molecule has 6 heteroatoms. The second-order valence-electron chi connectivity index (χ2n) is 5.55. The van der Waals surface area contributed by atoms with Gasteiger partial charge in [-0.1, -0.05) is 18.2 Å². The van der Waals surface area contributed by atoms with E-state index in [2.05, 4.69) is 20.9 Å². The summed E-state index contributed by atoms with van der Waals surface area (Å²) in [6.45, 7) is 1.60. The predicted octanol–water partition coefficient (Wildman–Crippen LogP) is 4.57. The molecule has 1 heterocycles. The van der Waals surface area contributed by atoms with Crippen molar-refractivity contribution >= 4 is 34.4 Å². The first-order valence-corrected chi connectivity index (χ1v) is 8.44. The van der Waals surface area contributed by atoms with E-state index >= 15 is 0 Å². The third-order valence-corrected chi connectivity index (χ3v) is 3.92. The molecule has 1 aliphatic rings. The molecular formula is C18H20N4OS. The first kappa shape index (κ1) is 16.5. The quantitative estimate of drug-likeness (QED) is 0.618. The standard InChI is InChI=1S/C18H20N4OS/c24-18(19-13-17-7-4-12-23-17)20-14-8-10-16(11-9-14)22-21-15-5-2-1-3-6-15/h1-3,5-6,8-11,17H,4,7,12-13H2,(H2,19,20,24)/t17-/m0/s1. The first-order valence-electron chi connectivity index (χ1n) is 8.03. The van der Waals surface area contributed by atoms with Gasteiger partial charge in [0.25, 0.3) is 0 Å². The molecule has 0 radical (unpaired) electrons. The molecule has 2 aromatic carbocycles. The Hall–Kier alpha value is -2.31. The zero-order valence-electron chi connectivity index (χ0n) is 13.3. The third-order valence-electron chi connectivity index (χ3n) is 3.68. The van der Waals surface area contributed by atoms with Gasteiger partial charge >= 0.3 is 0 Å². The first-order chi connectivity index (χ1) is 11.8. The van der Waals surface area contributed by atoms with Crippen molar-refractivity contribution in [1.82, 2.24) is 5.32 Å². The van der Waals surface area contributed by atoms with Gasteiger partial charge in [-0.25, -0.2) is 0 Å². The lowest BCUT2D eigenvalue weighted by atomic mass is 10.2. The van der Waals surface area contributed by atoms with Crippen molar-refractivity contribution in [2.24, 2.45) is 10.2 Å². The summed E-state index contributed by atoms with van der Waals surface area (Å²) in [4.78, 5) is 0. The Morgan fingerprint density at radius 2 is 1.75 bits per heavy atom. The van der Waals surface area contributed by atoms with E-state index in [1.54, 1.807) is 0 Å². The Balaban J connectivity index is 1.48. The van der Waals surface area contributed by atoms with E-state index in [0.29, 0.717) is 5.11 Å². The van der Waals surface area contributed by atoms with Crippen LogP contribution in [0.3, 0.4) is 0 Å². The molecule has 5 nitrogen and oxygen atoms in total. The molecule has 2 N–H and O–H groups in total. The lowest BCUT2D eigenvalue weighted by molar-refractivity contribution is 0.114. The van der Waals surface area contributed by atoms with Crippen molar-refractivity contribution in [1.29, 1.82) is 0 Å². The predicted molar refractivity (Wildman–Crippen MR) is 100 cm³/mol. The maximum absolute atomic E-state index is 5.56. The molecule has 0 aliphatic carbocycles. The molecule has 3 rings (SSSR count). The minimum Gasteiger partial charge on any atom is -0.376 e. The second-order valence-corrected chi connectivity index (χ2v) is 5.96. The molecule has 1 fully saturated rings. The van der Waals surface area contributed by atoms with Gasteiger partial charge in [-0.2, -0.15) is 10.2 Å². The fourth-order valence-corrected chi connectivity index (χ4v) is 2.61. The molecule has 0 unspecified atom stereocenters. The highest BCUT2D eigenvalue weighted by molar-refractivity contribution is 7.80. The Bertz CT molecular complexity index is 682. The van der Waals surface area contributed by atoms with Crippen LogP contribution < -0.4 is 10.6 Å². The Kier molecular flexibility index (Phi) is 5.87. The smallest absolute Gasteiger partial charge is 0.170 e. The molecule has 0 bridgehead atoms. The summed E-state index contributed by atoms with van der Waals surface area (Å²) in [5.74, 6) is 0. The van der Waals surface area contributed by atoms with Crippen LogP contribution in [0, 0.1) is 0 Å². The van der Waals surface area contributed by atoms with Gasteiger partial charge < -0.3 is 15.4 Å². The van der Waals surface area contributed by atoms with Crippen LogP contribution in [-0.2, 0) is 4.74 Å². The van der Waals surface area contributed by atoms with Crippen molar-refractivity contribution in [3.8, 4) is 0 Å². The second kappa shape index (κ2) is 8.52. The van der Waals surface area contributed by atoms with Crippen molar-refractivity contribution < 1.29 is 4.74 Å². The largest absolute Gasteiger partial charge is 0.376 e. The summed E-state index contributed by atoms with van der Waals surface area (Å²) in [5, 5.41) is 15.4. The molecule has 1 aliphatic heterocycles. The number of nitrogens with one attached hydrogen (secondary N) is 2. The lowest BCUT2D eigenvalue weighted by Gasteiger charge is -2.14. The number of ether oxygens (including phenoxy) is 1. The molecule has 2 aromatic rings. The van der Waals surface area contributed by atoms with Gasteiger partial charge in [0, 0.05) is 18.8 Å². The monoisotopic (exact) mass is 340 g/mol. The van der Waals surface area contributed by atoms with Crippen LogP contribution in [0.25, 0.3) is 0 Å². The molecule has 24 heavy (non-hydrogen) atoms. The minimum atomic E-state index is 0.269. The van der Waals surface area contributed by atoms with Crippen LogP contribution in [0.4, 0.5) is 17.1 Å². The lowest BCUT2D eigenvalue weighted by Crippen LogP contribution is -2.34. The minimum absolute atomic E-state index is 0.269. The number of nitrogens with zero attached hydrogens (tertiary/aromatic N) is 2. The van der Waals surface area contributed by atoms with Gasteiger partial charge in [-0.15, -0.1) is 0 Å². The van der Waals surface area contributed by atoms with Crippen LogP contribution in [0.5, 0.6) is 0 Å². The maximum Gasteiger partial charge on any atom is 0.170 e. The Morgan fingerprint density at radius 1 is 1.04 bits per heavy atom. The van der Waals surface area contributed by atoms with Gasteiger partial charge in [0.2, 0.25) is 0 Å². The summed E-state index contributed by atoms with van der Waals surface area (Å²) in [6, 6.07) is 17.3. The molecule has 124 valence electrons. The van der Waals surface area contributed by atoms with Crippen LogP contribution in [0.2, 0.25) is 0 Å². The van der Waals surface area contributed by atoms with Gasteiger partial charge in [-0.3, -0.25) is 0 Å². The average molecular weight is 340 g/mol. The Labute approximate surface area is 147 Å². The molecule has 0 saturated carbocycles. The fraction of sp³-hybridized carbons (Fsp3) is 0.278. The van der Waals surface area contributed by atoms with Crippen molar-refractivity contribution in [2.45, 2.75) is 18.9 Å². The number of hydrogen-bond donors (Lipinski definition) is 2. The van der Waals surface area contributed by atoms with Gasteiger partial charge in [0.1, 0.15) is 0 Å². The molecule has 0 aromatic heterocycles. The third kappa shape index (κ3) is 5.11. The van der Waals surface area contributed by atoms with Crippen LogP contribution in [0.1, 0.15) is 12.8 Å². The van der Waals surface area contributed by atoms with Gasteiger partial charge in [0.05, 0.1) is 17.5 Å². The average Bonchev–Trinajstić information content (AvgIpc) is 3.14. The summed E-state index contributed by atoms with van der Waals surface area (Å²) >= 11 is 5.30. The number of benzene rings is 2. The Morgan fingerprint density at radius 3 is 2.42 bits per heavy atom.